The molecule has 1 unspecified atom stereocenters. The summed E-state index contributed by atoms with van der Waals surface area (Å²) < 4.78 is 0. The lowest BCUT2D eigenvalue weighted by atomic mass is 9.80. The topological polar surface area (TPSA) is 68.2 Å². The van der Waals surface area contributed by atoms with Gasteiger partial charge in [0, 0.05) is 44.3 Å². The van der Waals surface area contributed by atoms with Crippen LogP contribution in [0, 0.1) is 0 Å². The first-order valence-electron chi connectivity index (χ1n) is 9.62. The number of amides is 1. The summed E-state index contributed by atoms with van der Waals surface area (Å²) in [5.41, 5.74) is 0.351. The van der Waals surface area contributed by atoms with E-state index in [4.69, 9.17) is 11.6 Å². The zero-order valence-electron chi connectivity index (χ0n) is 16.1. The third-order valence-corrected chi connectivity index (χ3v) is 5.80. The molecule has 0 radical (unpaired) electrons. The van der Waals surface area contributed by atoms with E-state index < -0.39 is 5.60 Å². The number of hydrogen-bond donors (Lipinski definition) is 2. The molecule has 0 aromatic heterocycles. The molecule has 1 heterocycles. The molecule has 1 saturated carbocycles. The number of hydrogen-bond acceptors (Lipinski definition) is 3. The third kappa shape index (κ3) is 4.93. The van der Waals surface area contributed by atoms with Crippen LogP contribution in [-0.4, -0.2) is 71.6 Å². The molecule has 27 heavy (non-hydrogen) atoms. The van der Waals surface area contributed by atoms with E-state index in [9.17, 15) is 9.90 Å². The highest BCUT2D eigenvalue weighted by Crippen LogP contribution is 2.30. The maximum absolute atomic E-state index is 12.7. The number of nitrogens with zero attached hydrogens (tertiary/aromatic N) is 3. The molecule has 1 atom stereocenters. The number of aliphatic hydroxyl groups is 1. The van der Waals surface area contributed by atoms with Crippen LogP contribution in [0.4, 0.5) is 0 Å². The van der Waals surface area contributed by atoms with Gasteiger partial charge in [0.15, 0.2) is 5.96 Å². The van der Waals surface area contributed by atoms with E-state index in [0.717, 1.165) is 43.9 Å². The molecule has 0 bridgehead atoms. The normalized spacial score (nSPS) is 22.4. The first kappa shape index (κ1) is 20.0. The Kier molecular flexibility index (Phi) is 6.27. The van der Waals surface area contributed by atoms with Crippen LogP contribution in [0.1, 0.15) is 31.7 Å². The van der Waals surface area contributed by atoms with Crippen molar-refractivity contribution in [2.24, 2.45) is 4.99 Å². The van der Waals surface area contributed by atoms with Gasteiger partial charge in [-0.15, -0.1) is 0 Å². The summed E-state index contributed by atoms with van der Waals surface area (Å²) in [6.07, 6.45) is 3.14. The van der Waals surface area contributed by atoms with Crippen molar-refractivity contribution >= 4 is 23.5 Å². The summed E-state index contributed by atoms with van der Waals surface area (Å²) >= 11 is 6.02. The Labute approximate surface area is 166 Å². The average Bonchev–Trinajstić information content (AvgIpc) is 2.60. The molecule has 2 aliphatic rings. The van der Waals surface area contributed by atoms with E-state index in [-0.39, 0.29) is 11.9 Å². The molecular weight excluding hydrogens is 364 g/mol. The van der Waals surface area contributed by atoms with Crippen molar-refractivity contribution in [3.05, 3.63) is 34.9 Å². The molecule has 1 aliphatic heterocycles. The van der Waals surface area contributed by atoms with E-state index in [0.29, 0.717) is 24.5 Å². The standard InChI is InChI=1S/C20H29ClN4O2/c1-15-13-24(19(22-2)23-14-20(27)7-4-8-20)9-10-25(15)18(26)12-16-5-3-6-17(21)11-16/h3,5-6,11,15,27H,4,7-10,12-14H2,1-2H3,(H,22,23). The second-order valence-corrected chi connectivity index (χ2v) is 8.10. The number of halogens is 1. The van der Waals surface area contributed by atoms with Crippen molar-refractivity contribution < 1.29 is 9.90 Å². The van der Waals surface area contributed by atoms with E-state index in [2.05, 4.69) is 22.1 Å². The molecule has 6 nitrogen and oxygen atoms in total. The van der Waals surface area contributed by atoms with Crippen molar-refractivity contribution in [1.29, 1.82) is 0 Å². The summed E-state index contributed by atoms with van der Waals surface area (Å²) in [5, 5.41) is 14.2. The summed E-state index contributed by atoms with van der Waals surface area (Å²) in [6, 6.07) is 7.56. The largest absolute Gasteiger partial charge is 0.388 e. The first-order chi connectivity index (χ1) is 12.9. The molecule has 3 rings (SSSR count). The minimum absolute atomic E-state index is 0.0933. The van der Waals surface area contributed by atoms with Gasteiger partial charge in [-0.25, -0.2) is 0 Å². The molecule has 1 saturated heterocycles. The van der Waals surface area contributed by atoms with Gasteiger partial charge < -0.3 is 20.2 Å². The van der Waals surface area contributed by atoms with Crippen LogP contribution in [0.25, 0.3) is 0 Å². The van der Waals surface area contributed by atoms with Crippen LogP contribution in [0.2, 0.25) is 5.02 Å². The fourth-order valence-electron chi connectivity index (χ4n) is 3.78. The van der Waals surface area contributed by atoms with Crippen LogP contribution < -0.4 is 5.32 Å². The SMILES string of the molecule is CN=C(NCC1(O)CCC1)N1CCN(C(=O)Cc2cccc(Cl)c2)C(C)C1. The van der Waals surface area contributed by atoms with E-state index in [1.807, 2.05) is 29.2 Å². The van der Waals surface area contributed by atoms with Gasteiger partial charge in [0.1, 0.15) is 0 Å². The number of nitrogens with one attached hydrogen (secondary N) is 1. The highest BCUT2D eigenvalue weighted by molar-refractivity contribution is 6.30. The van der Waals surface area contributed by atoms with Gasteiger partial charge >= 0.3 is 0 Å². The zero-order chi connectivity index (χ0) is 19.4. The minimum Gasteiger partial charge on any atom is -0.388 e. The Morgan fingerprint density at radius 3 is 2.78 bits per heavy atom. The van der Waals surface area contributed by atoms with Gasteiger partial charge in [-0.3, -0.25) is 9.79 Å². The van der Waals surface area contributed by atoms with Crippen molar-refractivity contribution in [3.63, 3.8) is 0 Å². The number of benzene rings is 1. The van der Waals surface area contributed by atoms with Crippen molar-refractivity contribution in [2.45, 2.75) is 44.2 Å². The average molecular weight is 393 g/mol. The fourth-order valence-corrected chi connectivity index (χ4v) is 3.99. The minimum atomic E-state index is -0.587. The maximum atomic E-state index is 12.7. The molecular formula is C20H29ClN4O2. The molecule has 1 aromatic rings. The Morgan fingerprint density at radius 2 is 2.19 bits per heavy atom. The highest BCUT2D eigenvalue weighted by Gasteiger charge is 2.35. The van der Waals surface area contributed by atoms with E-state index in [1.54, 1.807) is 7.05 Å². The van der Waals surface area contributed by atoms with Gasteiger partial charge in [-0.05, 0) is 43.9 Å². The Morgan fingerprint density at radius 1 is 1.41 bits per heavy atom. The zero-order valence-corrected chi connectivity index (χ0v) is 16.9. The lowest BCUT2D eigenvalue weighted by Crippen LogP contribution is -2.59. The van der Waals surface area contributed by atoms with Crippen LogP contribution in [0.15, 0.2) is 29.3 Å². The van der Waals surface area contributed by atoms with Gasteiger partial charge in [-0.2, -0.15) is 0 Å². The number of rotatable bonds is 4. The van der Waals surface area contributed by atoms with E-state index in [1.165, 1.54) is 0 Å². The monoisotopic (exact) mass is 392 g/mol. The summed E-state index contributed by atoms with van der Waals surface area (Å²) in [6.45, 7) is 4.70. The highest BCUT2D eigenvalue weighted by atomic mass is 35.5. The summed E-state index contributed by atoms with van der Waals surface area (Å²) in [4.78, 5) is 21.2. The summed E-state index contributed by atoms with van der Waals surface area (Å²) in [5.74, 6) is 0.917. The molecule has 148 valence electrons. The molecule has 1 aromatic carbocycles. The van der Waals surface area contributed by atoms with Crippen LogP contribution in [0.5, 0.6) is 0 Å². The van der Waals surface area contributed by atoms with Crippen molar-refractivity contribution in [2.75, 3.05) is 33.2 Å². The smallest absolute Gasteiger partial charge is 0.227 e. The molecule has 7 heteroatoms. The van der Waals surface area contributed by atoms with Crippen LogP contribution in [-0.2, 0) is 11.2 Å². The molecule has 1 aliphatic carbocycles. The molecule has 2 fully saturated rings. The summed E-state index contributed by atoms with van der Waals surface area (Å²) in [7, 11) is 1.76. The molecule has 0 spiro atoms. The molecule has 1 amide bonds. The molecule has 2 N–H and O–H groups in total. The number of guanidine groups is 1. The van der Waals surface area contributed by atoms with Crippen LogP contribution in [0.3, 0.4) is 0 Å². The van der Waals surface area contributed by atoms with Gasteiger partial charge in [0.05, 0.1) is 12.0 Å². The maximum Gasteiger partial charge on any atom is 0.227 e. The second-order valence-electron chi connectivity index (χ2n) is 7.67. The Balaban J connectivity index is 1.53. The lowest BCUT2D eigenvalue weighted by Gasteiger charge is -2.42. The quantitative estimate of drug-likeness (QED) is 0.606. The Bertz CT molecular complexity index is 705. The van der Waals surface area contributed by atoms with Crippen molar-refractivity contribution in [3.8, 4) is 0 Å². The predicted octanol–water partition coefficient (Wildman–Crippen LogP) is 1.91. The number of carbonyl (C=O) groups is 1. The van der Waals surface area contributed by atoms with Crippen LogP contribution >= 0.6 is 11.6 Å². The predicted molar refractivity (Wildman–Crippen MR) is 108 cm³/mol. The fraction of sp³-hybridized carbons (Fsp3) is 0.600. The lowest BCUT2D eigenvalue weighted by molar-refractivity contribution is -0.134. The van der Waals surface area contributed by atoms with Gasteiger partial charge in [0.2, 0.25) is 5.91 Å². The number of piperazine rings is 1. The first-order valence-corrected chi connectivity index (χ1v) is 10.00. The Hall–Kier alpha value is -1.79. The number of carbonyl (C=O) groups excluding carboxylic acids is 1. The second kappa shape index (κ2) is 8.48. The van der Waals surface area contributed by atoms with E-state index >= 15 is 0 Å². The van der Waals surface area contributed by atoms with Crippen molar-refractivity contribution in [1.82, 2.24) is 15.1 Å². The van der Waals surface area contributed by atoms with Gasteiger partial charge in [0.25, 0.3) is 0 Å². The van der Waals surface area contributed by atoms with Gasteiger partial charge in [-0.1, -0.05) is 23.7 Å². The third-order valence-electron chi connectivity index (χ3n) is 5.56. The number of aliphatic imine (C=N–C) groups is 1.